The molecule has 162 valence electrons. The second-order valence-electron chi connectivity index (χ2n) is 8.16. The molecule has 0 fully saturated rings. The van der Waals surface area contributed by atoms with E-state index in [1.807, 2.05) is 0 Å². The van der Waals surface area contributed by atoms with E-state index in [0.29, 0.717) is 24.4 Å². The first kappa shape index (κ1) is 23.4. The van der Waals surface area contributed by atoms with E-state index in [9.17, 15) is 9.59 Å². The minimum absolute atomic E-state index is 0.0847. The lowest BCUT2D eigenvalue weighted by atomic mass is 10.0. The molecule has 0 atom stereocenters. The van der Waals surface area contributed by atoms with Gasteiger partial charge in [0.25, 0.3) is 0 Å². The van der Waals surface area contributed by atoms with Gasteiger partial charge >= 0.3 is 5.63 Å². The Kier molecular flexibility index (Phi) is 11.5. The van der Waals surface area contributed by atoms with Crippen LogP contribution in [0.3, 0.4) is 0 Å². The fraction of sp³-hybridized carbons (Fsp3) is 0.680. The van der Waals surface area contributed by atoms with Crippen LogP contribution in [-0.2, 0) is 6.42 Å². The standard InChI is InChI=1S/C25H38O4/c1-28-23-20-21-18-16-14-12-10-8-6-4-2-3-5-7-9-11-13-15-17-19-22(26)24(23)25(27)29-21/h2-3,20H,4-19H2,1H3/b3-2-. The molecule has 0 amide bonds. The summed E-state index contributed by atoms with van der Waals surface area (Å²) in [5.74, 6) is 0.824. The Morgan fingerprint density at radius 1 is 0.724 bits per heavy atom. The molecule has 2 heterocycles. The summed E-state index contributed by atoms with van der Waals surface area (Å²) >= 11 is 0. The fourth-order valence-corrected chi connectivity index (χ4v) is 3.94. The van der Waals surface area contributed by atoms with Gasteiger partial charge in [-0.1, -0.05) is 63.5 Å². The molecule has 0 N–H and O–H groups in total. The van der Waals surface area contributed by atoms with Crippen molar-refractivity contribution >= 4 is 5.78 Å². The first-order valence-electron chi connectivity index (χ1n) is 11.6. The Hall–Kier alpha value is -1.84. The van der Waals surface area contributed by atoms with Crippen molar-refractivity contribution in [2.24, 2.45) is 0 Å². The van der Waals surface area contributed by atoms with E-state index >= 15 is 0 Å². The van der Waals surface area contributed by atoms with Crippen molar-refractivity contribution in [2.45, 2.75) is 103 Å². The average Bonchev–Trinajstić information content (AvgIpc) is 2.71. The van der Waals surface area contributed by atoms with Gasteiger partial charge in [0.15, 0.2) is 5.78 Å². The molecule has 1 aliphatic carbocycles. The quantitative estimate of drug-likeness (QED) is 0.485. The van der Waals surface area contributed by atoms with Gasteiger partial charge in [0.1, 0.15) is 17.1 Å². The normalized spacial score (nSPS) is 20.2. The zero-order chi connectivity index (χ0) is 20.7. The molecule has 0 unspecified atom stereocenters. The molecule has 4 nitrogen and oxygen atoms in total. The molecule has 4 heteroatoms. The Morgan fingerprint density at radius 2 is 1.24 bits per heavy atom. The average molecular weight is 403 g/mol. The number of carbonyl (C=O) groups excluding carboxylic acids is 1. The highest BCUT2D eigenvalue weighted by Gasteiger charge is 2.19. The van der Waals surface area contributed by atoms with Crippen LogP contribution in [0.25, 0.3) is 0 Å². The number of allylic oxidation sites excluding steroid dienone is 2. The third-order valence-electron chi connectivity index (χ3n) is 5.70. The van der Waals surface area contributed by atoms with Crippen LogP contribution >= 0.6 is 0 Å². The maximum absolute atomic E-state index is 12.6. The SMILES string of the molecule is COc1cc2oc(=O)c1C(=O)CCCCCCCC/C=C\CCCCCCCC2. The third kappa shape index (κ3) is 9.01. The molecule has 1 aromatic rings. The van der Waals surface area contributed by atoms with E-state index in [1.165, 1.54) is 64.9 Å². The molecule has 0 spiro atoms. The van der Waals surface area contributed by atoms with Gasteiger partial charge in [-0.05, 0) is 38.5 Å². The van der Waals surface area contributed by atoms with E-state index in [4.69, 9.17) is 9.15 Å². The van der Waals surface area contributed by atoms with Gasteiger partial charge in [0, 0.05) is 18.9 Å². The van der Waals surface area contributed by atoms with Crippen LogP contribution in [0.5, 0.6) is 5.75 Å². The number of fused-ring (bicyclic) bond motifs is 19. The van der Waals surface area contributed by atoms with Crippen molar-refractivity contribution in [3.8, 4) is 5.75 Å². The number of Topliss-reactive ketones (excluding diaryl/α,β-unsaturated/α-hetero) is 1. The number of hydrogen-bond donors (Lipinski definition) is 0. The van der Waals surface area contributed by atoms with Crippen LogP contribution in [0.2, 0.25) is 0 Å². The van der Waals surface area contributed by atoms with E-state index in [2.05, 4.69) is 12.2 Å². The summed E-state index contributed by atoms with van der Waals surface area (Å²) < 4.78 is 10.8. The van der Waals surface area contributed by atoms with Crippen molar-refractivity contribution in [1.29, 1.82) is 0 Å². The molecule has 0 radical (unpaired) electrons. The highest BCUT2D eigenvalue weighted by Crippen LogP contribution is 2.21. The molecular formula is C25H38O4. The number of ether oxygens (including phenoxy) is 1. The predicted octanol–water partition coefficient (Wildman–Crippen LogP) is 6.79. The molecule has 0 aromatic carbocycles. The molecule has 0 saturated heterocycles. The summed E-state index contributed by atoms with van der Waals surface area (Å²) in [5, 5.41) is 0. The molecule has 2 bridgehead atoms. The van der Waals surface area contributed by atoms with Gasteiger partial charge in [0.05, 0.1) is 7.11 Å². The van der Waals surface area contributed by atoms with E-state index in [0.717, 1.165) is 32.1 Å². The number of hydrogen-bond acceptors (Lipinski definition) is 4. The van der Waals surface area contributed by atoms with Crippen molar-refractivity contribution < 1.29 is 13.9 Å². The smallest absolute Gasteiger partial charge is 0.350 e. The minimum Gasteiger partial charge on any atom is -0.496 e. The maximum atomic E-state index is 12.6. The van der Waals surface area contributed by atoms with Crippen LogP contribution in [0.1, 0.15) is 112 Å². The monoisotopic (exact) mass is 402 g/mol. The predicted molar refractivity (Wildman–Crippen MR) is 118 cm³/mol. The van der Waals surface area contributed by atoms with Crippen LogP contribution in [-0.4, -0.2) is 12.9 Å². The largest absolute Gasteiger partial charge is 0.496 e. The van der Waals surface area contributed by atoms with Crippen LogP contribution in [0, 0.1) is 0 Å². The van der Waals surface area contributed by atoms with E-state index in [-0.39, 0.29) is 11.3 Å². The summed E-state index contributed by atoms with van der Waals surface area (Å²) in [5.41, 5.74) is -0.461. The van der Waals surface area contributed by atoms with Crippen molar-refractivity contribution in [1.82, 2.24) is 0 Å². The second kappa shape index (κ2) is 14.2. The number of rotatable bonds is 1. The Bertz CT molecular complexity index is 687. The third-order valence-corrected chi connectivity index (χ3v) is 5.70. The Labute approximate surface area is 175 Å². The maximum Gasteiger partial charge on any atom is 0.350 e. The molecule has 1 aliphatic heterocycles. The fourth-order valence-electron chi connectivity index (χ4n) is 3.94. The Morgan fingerprint density at radius 3 is 1.83 bits per heavy atom. The lowest BCUT2D eigenvalue weighted by Crippen LogP contribution is -2.17. The number of carbonyl (C=O) groups is 1. The molecule has 0 saturated carbocycles. The zero-order valence-corrected chi connectivity index (χ0v) is 18.2. The molecule has 3 rings (SSSR count). The van der Waals surface area contributed by atoms with E-state index < -0.39 is 5.63 Å². The molecular weight excluding hydrogens is 364 g/mol. The number of aryl methyl sites for hydroxylation is 1. The summed E-state index contributed by atoms with van der Waals surface area (Å²) in [6, 6.07) is 1.73. The van der Waals surface area contributed by atoms with Crippen LogP contribution in [0.15, 0.2) is 27.4 Å². The number of ketones is 1. The summed E-state index contributed by atoms with van der Waals surface area (Å²) in [7, 11) is 1.51. The van der Waals surface area contributed by atoms with Crippen molar-refractivity contribution in [3.63, 3.8) is 0 Å². The van der Waals surface area contributed by atoms with Gasteiger partial charge in [-0.3, -0.25) is 4.79 Å². The van der Waals surface area contributed by atoms with Crippen molar-refractivity contribution in [2.75, 3.05) is 7.11 Å². The van der Waals surface area contributed by atoms with Gasteiger partial charge in [-0.25, -0.2) is 4.79 Å². The first-order chi connectivity index (χ1) is 14.2. The van der Waals surface area contributed by atoms with Crippen LogP contribution < -0.4 is 10.4 Å². The minimum atomic E-state index is -0.546. The highest BCUT2D eigenvalue weighted by atomic mass is 16.5. The van der Waals surface area contributed by atoms with Gasteiger partial charge in [0.2, 0.25) is 0 Å². The lowest BCUT2D eigenvalue weighted by molar-refractivity contribution is 0.0971. The lowest BCUT2D eigenvalue weighted by Gasteiger charge is -2.09. The van der Waals surface area contributed by atoms with Gasteiger partial charge in [-0.15, -0.1) is 0 Å². The highest BCUT2D eigenvalue weighted by molar-refractivity contribution is 5.98. The summed E-state index contributed by atoms with van der Waals surface area (Å²) in [4.78, 5) is 25.0. The topological polar surface area (TPSA) is 56.5 Å². The Balaban J connectivity index is 1.96. The number of methoxy groups -OCH3 is 1. The molecule has 1 aromatic heterocycles. The summed E-state index contributed by atoms with van der Waals surface area (Å²) in [6.45, 7) is 0. The van der Waals surface area contributed by atoms with Crippen molar-refractivity contribution in [3.05, 3.63) is 40.0 Å². The van der Waals surface area contributed by atoms with Gasteiger partial charge < -0.3 is 9.15 Å². The molecule has 2 aliphatic rings. The first-order valence-corrected chi connectivity index (χ1v) is 11.6. The zero-order valence-electron chi connectivity index (χ0n) is 18.2. The van der Waals surface area contributed by atoms with Gasteiger partial charge in [-0.2, -0.15) is 0 Å². The second-order valence-corrected chi connectivity index (χ2v) is 8.16. The summed E-state index contributed by atoms with van der Waals surface area (Å²) in [6.07, 6.45) is 22.0. The molecule has 29 heavy (non-hydrogen) atoms. The van der Waals surface area contributed by atoms with Crippen LogP contribution in [0.4, 0.5) is 0 Å². The van der Waals surface area contributed by atoms with E-state index in [1.54, 1.807) is 6.07 Å².